The minimum absolute atomic E-state index is 0.0694. The molecular formula is C20H26N4O3. The molecule has 27 heavy (non-hydrogen) atoms. The number of aryl methyl sites for hydroxylation is 1. The van der Waals surface area contributed by atoms with Crippen LogP contribution in [0.4, 0.5) is 0 Å². The number of nitrogens with one attached hydrogen (secondary N) is 1. The van der Waals surface area contributed by atoms with Crippen LogP contribution in [-0.4, -0.2) is 58.8 Å². The van der Waals surface area contributed by atoms with Gasteiger partial charge in [-0.15, -0.1) is 0 Å². The van der Waals surface area contributed by atoms with E-state index in [9.17, 15) is 9.59 Å². The van der Waals surface area contributed by atoms with Crippen molar-refractivity contribution in [3.05, 3.63) is 47.3 Å². The van der Waals surface area contributed by atoms with Crippen molar-refractivity contribution in [1.82, 2.24) is 20.0 Å². The average Bonchev–Trinajstić information content (AvgIpc) is 2.97. The number of para-hydroxylation sites is 1. The third kappa shape index (κ3) is 4.36. The summed E-state index contributed by atoms with van der Waals surface area (Å²) in [5, 5.41) is 7.39. The zero-order chi connectivity index (χ0) is 19.4. The van der Waals surface area contributed by atoms with E-state index in [2.05, 4.69) is 10.4 Å². The van der Waals surface area contributed by atoms with E-state index in [1.165, 1.54) is 0 Å². The summed E-state index contributed by atoms with van der Waals surface area (Å²) in [5.74, 6) is -0.247. The zero-order valence-corrected chi connectivity index (χ0v) is 16.1. The van der Waals surface area contributed by atoms with E-state index >= 15 is 0 Å². The van der Waals surface area contributed by atoms with Crippen molar-refractivity contribution in [2.24, 2.45) is 0 Å². The van der Waals surface area contributed by atoms with Crippen LogP contribution in [-0.2, 0) is 20.7 Å². The molecule has 1 N–H and O–H groups in total. The van der Waals surface area contributed by atoms with Crippen molar-refractivity contribution < 1.29 is 14.3 Å². The first kappa shape index (κ1) is 19.1. The molecule has 0 spiro atoms. The molecule has 2 aromatic rings. The summed E-state index contributed by atoms with van der Waals surface area (Å²) >= 11 is 0. The van der Waals surface area contributed by atoms with Gasteiger partial charge in [0.15, 0.2) is 0 Å². The average molecular weight is 370 g/mol. The second-order valence-corrected chi connectivity index (χ2v) is 6.80. The van der Waals surface area contributed by atoms with E-state index in [1.54, 1.807) is 11.8 Å². The molecule has 3 rings (SSSR count). The minimum atomic E-state index is -0.555. The smallest absolute Gasteiger partial charge is 0.245 e. The standard InChI is InChI=1S/C20H26N4O3/c1-14-18(16(3)24(22-14)17-7-5-4-6-8-17)13-19(25)21-15(2)20(26)23-9-11-27-12-10-23/h4-8,15H,9-13H2,1-3H3,(H,21,25)/t15-/m1/s1. The lowest BCUT2D eigenvalue weighted by Crippen LogP contribution is -2.50. The molecule has 1 atom stereocenters. The van der Waals surface area contributed by atoms with Crippen molar-refractivity contribution in [3.63, 3.8) is 0 Å². The number of hydrogen-bond donors (Lipinski definition) is 1. The van der Waals surface area contributed by atoms with Gasteiger partial charge in [-0.3, -0.25) is 9.59 Å². The summed E-state index contributed by atoms with van der Waals surface area (Å²) in [4.78, 5) is 26.7. The Kier molecular flexibility index (Phi) is 5.91. The van der Waals surface area contributed by atoms with Gasteiger partial charge in [-0.2, -0.15) is 5.10 Å². The SMILES string of the molecule is Cc1nn(-c2ccccc2)c(C)c1CC(=O)N[C@H](C)C(=O)N1CCOCC1. The Balaban J connectivity index is 1.65. The van der Waals surface area contributed by atoms with E-state index in [0.717, 1.165) is 22.6 Å². The number of ether oxygens (including phenoxy) is 1. The molecule has 1 saturated heterocycles. The maximum absolute atomic E-state index is 12.5. The third-order valence-electron chi connectivity index (χ3n) is 4.85. The molecule has 2 heterocycles. The highest BCUT2D eigenvalue weighted by Gasteiger charge is 2.24. The van der Waals surface area contributed by atoms with Crippen molar-refractivity contribution in [2.75, 3.05) is 26.3 Å². The highest BCUT2D eigenvalue weighted by Crippen LogP contribution is 2.18. The van der Waals surface area contributed by atoms with E-state index < -0.39 is 6.04 Å². The Bertz CT molecular complexity index is 810. The molecule has 7 nitrogen and oxygen atoms in total. The molecule has 7 heteroatoms. The number of aromatic nitrogens is 2. The maximum Gasteiger partial charge on any atom is 0.245 e. The van der Waals surface area contributed by atoms with Crippen LogP contribution in [0.2, 0.25) is 0 Å². The lowest BCUT2D eigenvalue weighted by molar-refractivity contribution is -0.139. The van der Waals surface area contributed by atoms with Crippen LogP contribution in [0.15, 0.2) is 30.3 Å². The fraction of sp³-hybridized carbons (Fsp3) is 0.450. The Hall–Kier alpha value is -2.67. The second kappa shape index (κ2) is 8.35. The molecule has 1 aliphatic rings. The first-order valence-corrected chi connectivity index (χ1v) is 9.23. The van der Waals surface area contributed by atoms with Crippen LogP contribution in [0.25, 0.3) is 5.69 Å². The van der Waals surface area contributed by atoms with Gasteiger partial charge in [0, 0.05) is 24.3 Å². The number of nitrogens with zero attached hydrogens (tertiary/aromatic N) is 3. The van der Waals surface area contributed by atoms with Gasteiger partial charge in [0.1, 0.15) is 6.04 Å². The third-order valence-corrected chi connectivity index (χ3v) is 4.85. The van der Waals surface area contributed by atoms with E-state index in [0.29, 0.717) is 26.3 Å². The molecule has 0 saturated carbocycles. The molecule has 0 radical (unpaired) electrons. The number of hydrogen-bond acceptors (Lipinski definition) is 4. The van der Waals surface area contributed by atoms with E-state index in [4.69, 9.17) is 4.74 Å². The molecule has 2 amide bonds. The quantitative estimate of drug-likeness (QED) is 0.863. The summed E-state index contributed by atoms with van der Waals surface area (Å²) in [6.45, 7) is 7.81. The Labute approximate surface area is 159 Å². The van der Waals surface area contributed by atoms with Crippen LogP contribution < -0.4 is 5.32 Å². The maximum atomic E-state index is 12.5. The Morgan fingerprint density at radius 1 is 1.19 bits per heavy atom. The molecule has 0 bridgehead atoms. The number of morpholine rings is 1. The van der Waals surface area contributed by atoms with Crippen molar-refractivity contribution in [1.29, 1.82) is 0 Å². The molecule has 144 valence electrons. The fourth-order valence-electron chi connectivity index (χ4n) is 3.32. The zero-order valence-electron chi connectivity index (χ0n) is 16.1. The lowest BCUT2D eigenvalue weighted by Gasteiger charge is -2.29. The second-order valence-electron chi connectivity index (χ2n) is 6.80. The van der Waals surface area contributed by atoms with Crippen LogP contribution in [0, 0.1) is 13.8 Å². The van der Waals surface area contributed by atoms with Crippen LogP contribution in [0.5, 0.6) is 0 Å². The van der Waals surface area contributed by atoms with Gasteiger partial charge in [0.2, 0.25) is 11.8 Å². The molecule has 1 aliphatic heterocycles. The van der Waals surface area contributed by atoms with Gasteiger partial charge in [0.05, 0.1) is 31.0 Å². The number of amides is 2. The number of carbonyl (C=O) groups is 2. The largest absolute Gasteiger partial charge is 0.378 e. The monoisotopic (exact) mass is 370 g/mol. The van der Waals surface area contributed by atoms with Crippen molar-refractivity contribution >= 4 is 11.8 Å². The van der Waals surface area contributed by atoms with E-state index in [1.807, 2.05) is 48.9 Å². The van der Waals surface area contributed by atoms with Crippen molar-refractivity contribution in [2.45, 2.75) is 33.2 Å². The number of rotatable bonds is 5. The molecule has 0 aliphatic carbocycles. The minimum Gasteiger partial charge on any atom is -0.378 e. The summed E-state index contributed by atoms with van der Waals surface area (Å²) in [6.07, 6.45) is 0.200. The lowest BCUT2D eigenvalue weighted by atomic mass is 10.1. The molecule has 1 aromatic heterocycles. The summed E-state index contributed by atoms with van der Waals surface area (Å²) in [6, 6.07) is 9.27. The van der Waals surface area contributed by atoms with Gasteiger partial charge in [-0.25, -0.2) is 4.68 Å². The number of benzene rings is 1. The highest BCUT2D eigenvalue weighted by molar-refractivity contribution is 5.88. The van der Waals surface area contributed by atoms with Gasteiger partial charge in [-0.05, 0) is 32.9 Å². The van der Waals surface area contributed by atoms with Gasteiger partial charge in [-0.1, -0.05) is 18.2 Å². The molecular weight excluding hydrogens is 344 g/mol. The summed E-state index contributed by atoms with van der Waals surface area (Å²) in [5.41, 5.74) is 3.60. The normalized spacial score (nSPS) is 15.4. The topological polar surface area (TPSA) is 76.5 Å². The molecule has 1 fully saturated rings. The first-order valence-electron chi connectivity index (χ1n) is 9.23. The van der Waals surface area contributed by atoms with Crippen LogP contribution in [0.3, 0.4) is 0 Å². The molecule has 0 unspecified atom stereocenters. The van der Waals surface area contributed by atoms with Gasteiger partial charge < -0.3 is 15.0 Å². The molecule has 1 aromatic carbocycles. The number of carbonyl (C=O) groups excluding carboxylic acids is 2. The predicted octanol–water partition coefficient (Wildman–Crippen LogP) is 1.40. The van der Waals surface area contributed by atoms with Crippen LogP contribution >= 0.6 is 0 Å². The van der Waals surface area contributed by atoms with Crippen molar-refractivity contribution in [3.8, 4) is 5.69 Å². The first-order chi connectivity index (χ1) is 13.0. The predicted molar refractivity (Wildman–Crippen MR) is 102 cm³/mol. The Morgan fingerprint density at radius 2 is 1.85 bits per heavy atom. The van der Waals surface area contributed by atoms with Gasteiger partial charge in [0.25, 0.3) is 0 Å². The summed E-state index contributed by atoms with van der Waals surface area (Å²) < 4.78 is 7.11. The van der Waals surface area contributed by atoms with Gasteiger partial charge >= 0.3 is 0 Å². The highest BCUT2D eigenvalue weighted by atomic mass is 16.5. The van der Waals surface area contributed by atoms with Crippen LogP contribution in [0.1, 0.15) is 23.9 Å². The Morgan fingerprint density at radius 3 is 2.52 bits per heavy atom. The fourth-order valence-corrected chi connectivity index (χ4v) is 3.32. The summed E-state index contributed by atoms with van der Waals surface area (Å²) in [7, 11) is 0. The van der Waals surface area contributed by atoms with E-state index in [-0.39, 0.29) is 18.2 Å².